The second kappa shape index (κ2) is 17.4. The van der Waals surface area contributed by atoms with E-state index >= 15 is 0 Å². The van der Waals surface area contributed by atoms with Crippen molar-refractivity contribution in [2.45, 2.75) is 111 Å². The summed E-state index contributed by atoms with van der Waals surface area (Å²) in [7, 11) is -7.87. The SMILES string of the molecule is CCOP(=O)(OCC)C(CNc1cccc(NC(=S)NC(=O)[C@]2(C)CCC[C@]3(C)c4ccc(C(C)C)cc4CC[C@@H]23)c1C)P(=O)(OCC)OCC. The van der Waals surface area contributed by atoms with E-state index in [9.17, 15) is 13.9 Å². The van der Waals surface area contributed by atoms with E-state index in [1.54, 1.807) is 27.7 Å². The number of thiocarbonyl (C=S) groups is 1. The summed E-state index contributed by atoms with van der Waals surface area (Å²) < 4.78 is 50.5. The van der Waals surface area contributed by atoms with Crippen molar-refractivity contribution in [2.24, 2.45) is 11.3 Å². The predicted octanol–water partition coefficient (Wildman–Crippen LogP) is 9.91. The molecule has 1 amide bonds. The number of aryl methyl sites for hydroxylation is 1. The fourth-order valence-electron chi connectivity index (χ4n) is 8.24. The van der Waals surface area contributed by atoms with Gasteiger partial charge in [0, 0.05) is 17.9 Å². The van der Waals surface area contributed by atoms with Crippen LogP contribution in [0, 0.1) is 18.3 Å². The molecular formula is C38H59N3O7P2S. The third-order valence-corrected chi connectivity index (χ3v) is 17.0. The Morgan fingerprint density at radius 1 is 0.922 bits per heavy atom. The summed E-state index contributed by atoms with van der Waals surface area (Å²) in [6.45, 7) is 17.9. The van der Waals surface area contributed by atoms with Gasteiger partial charge in [0.2, 0.25) is 5.91 Å². The van der Waals surface area contributed by atoms with E-state index in [1.807, 2.05) is 25.1 Å². The number of hydrogen-bond donors (Lipinski definition) is 3. The molecule has 4 rings (SSSR count). The van der Waals surface area contributed by atoms with Crippen molar-refractivity contribution < 1.29 is 32.0 Å². The normalized spacial score (nSPS) is 22.0. The summed E-state index contributed by atoms with van der Waals surface area (Å²) in [6, 6.07) is 12.5. The maximum absolute atomic E-state index is 14.2. The Hall–Kier alpha value is -2.10. The molecule has 3 atom stereocenters. The number of hydrogen-bond acceptors (Lipinski definition) is 9. The van der Waals surface area contributed by atoms with Gasteiger partial charge in [0.25, 0.3) is 0 Å². The molecule has 1 fully saturated rings. The topological polar surface area (TPSA) is 124 Å². The fraction of sp³-hybridized carbons (Fsp3) is 0.632. The Morgan fingerprint density at radius 3 is 2.08 bits per heavy atom. The molecule has 2 aliphatic rings. The van der Waals surface area contributed by atoms with Gasteiger partial charge < -0.3 is 34.0 Å². The van der Waals surface area contributed by atoms with Crippen LogP contribution in [0.25, 0.3) is 0 Å². The lowest BCUT2D eigenvalue weighted by atomic mass is 9.49. The molecule has 2 aromatic carbocycles. The molecular weight excluding hydrogens is 704 g/mol. The van der Waals surface area contributed by atoms with Gasteiger partial charge in [-0.05, 0) is 124 Å². The second-order valence-corrected chi connectivity index (χ2v) is 19.6. The largest absolute Gasteiger partial charge is 0.383 e. The zero-order chi connectivity index (χ0) is 37.6. The molecule has 0 bridgehead atoms. The van der Waals surface area contributed by atoms with Crippen LogP contribution in [0.15, 0.2) is 36.4 Å². The van der Waals surface area contributed by atoms with Crippen LogP contribution in [0.3, 0.4) is 0 Å². The second-order valence-electron chi connectivity index (χ2n) is 14.3. The highest BCUT2D eigenvalue weighted by molar-refractivity contribution is 7.80. The maximum atomic E-state index is 14.2. The quantitative estimate of drug-likeness (QED) is 0.112. The number of amides is 1. The summed E-state index contributed by atoms with van der Waals surface area (Å²) in [6.07, 6.45) is 4.77. The van der Waals surface area contributed by atoms with Gasteiger partial charge in [0.05, 0.1) is 31.8 Å². The zero-order valence-electron chi connectivity index (χ0n) is 31.9. The standard InChI is InChI=1S/C38H59N3O7P2S/c1-10-45-49(43,46-11-2)34(50(44,47-12-3)48-13-4)25-39-31-16-14-17-32(27(31)7)40-36(51)41-35(42)38(9)23-15-22-37(8)30-20-18-28(26(5)6)24-29(30)19-21-33(37)38/h14,16-18,20,24,26,33-34,39H,10-13,15,19,21-23,25H2,1-9H3,(H2,40,41,42,51)/t33-,37-,38-/m1/s1. The molecule has 0 unspecified atom stereocenters. The van der Waals surface area contributed by atoms with E-state index in [-0.39, 0.29) is 55.3 Å². The number of carbonyl (C=O) groups excluding carboxylic acids is 1. The summed E-state index contributed by atoms with van der Waals surface area (Å²) in [5.74, 6) is 0.612. The highest BCUT2D eigenvalue weighted by Gasteiger charge is 2.55. The summed E-state index contributed by atoms with van der Waals surface area (Å²) in [5, 5.41) is 8.58. The highest BCUT2D eigenvalue weighted by Crippen LogP contribution is 2.70. The first kappa shape index (κ1) is 41.7. The predicted molar refractivity (Wildman–Crippen MR) is 211 cm³/mol. The van der Waals surface area contributed by atoms with Crippen LogP contribution < -0.4 is 16.0 Å². The minimum absolute atomic E-state index is 0.0573. The van der Waals surface area contributed by atoms with Crippen LogP contribution in [-0.2, 0) is 43.9 Å². The van der Waals surface area contributed by atoms with Crippen molar-refractivity contribution in [3.05, 3.63) is 58.7 Å². The van der Waals surface area contributed by atoms with Crippen LogP contribution >= 0.6 is 27.4 Å². The molecule has 0 aliphatic heterocycles. The Kier molecular flexibility index (Phi) is 14.2. The summed E-state index contributed by atoms with van der Waals surface area (Å²) >= 11 is 5.73. The molecule has 1 saturated carbocycles. The number of carbonyl (C=O) groups is 1. The Morgan fingerprint density at radius 2 is 1.51 bits per heavy atom. The van der Waals surface area contributed by atoms with E-state index < -0.39 is 26.0 Å². The van der Waals surface area contributed by atoms with Crippen molar-refractivity contribution >= 4 is 49.8 Å². The van der Waals surface area contributed by atoms with E-state index in [1.165, 1.54) is 16.7 Å². The third kappa shape index (κ3) is 8.83. The number of fused-ring (bicyclic) bond motifs is 3. The van der Waals surface area contributed by atoms with Gasteiger partial charge in [-0.1, -0.05) is 58.4 Å². The third-order valence-electron chi connectivity index (χ3n) is 10.8. The van der Waals surface area contributed by atoms with Crippen molar-refractivity contribution in [1.82, 2.24) is 5.32 Å². The summed E-state index contributed by atoms with van der Waals surface area (Å²) in [5.41, 5.74) is 5.67. The molecule has 0 heterocycles. The molecule has 51 heavy (non-hydrogen) atoms. The first-order valence-corrected chi connectivity index (χ1v) is 22.1. The van der Waals surface area contributed by atoms with Gasteiger partial charge >= 0.3 is 15.2 Å². The number of nitrogens with one attached hydrogen (secondary N) is 3. The molecule has 0 radical (unpaired) electrons. The van der Waals surface area contributed by atoms with Crippen LogP contribution in [-0.4, -0.2) is 49.4 Å². The Bertz CT molecular complexity index is 1610. The van der Waals surface area contributed by atoms with Crippen LogP contribution in [0.4, 0.5) is 11.4 Å². The molecule has 10 nitrogen and oxygen atoms in total. The molecule has 3 N–H and O–H groups in total. The van der Waals surface area contributed by atoms with Crippen molar-refractivity contribution in [2.75, 3.05) is 43.6 Å². The maximum Gasteiger partial charge on any atom is 0.347 e. The first-order chi connectivity index (χ1) is 24.1. The minimum Gasteiger partial charge on any atom is -0.383 e. The number of rotatable bonds is 16. The molecule has 0 aromatic heterocycles. The van der Waals surface area contributed by atoms with Gasteiger partial charge in [-0.25, -0.2) is 0 Å². The van der Waals surface area contributed by atoms with Crippen molar-refractivity contribution in [3.63, 3.8) is 0 Å². The van der Waals surface area contributed by atoms with E-state index in [0.717, 1.165) is 37.7 Å². The van der Waals surface area contributed by atoms with Gasteiger partial charge in [0.1, 0.15) is 0 Å². The first-order valence-electron chi connectivity index (χ1n) is 18.5. The number of benzene rings is 2. The molecule has 13 heteroatoms. The van der Waals surface area contributed by atoms with E-state index in [4.69, 9.17) is 30.3 Å². The van der Waals surface area contributed by atoms with Crippen molar-refractivity contribution in [3.8, 4) is 0 Å². The lowest BCUT2D eigenvalue weighted by molar-refractivity contribution is -0.137. The Balaban J connectivity index is 1.51. The van der Waals surface area contributed by atoms with Gasteiger partial charge in [-0.3, -0.25) is 13.9 Å². The van der Waals surface area contributed by atoms with Crippen molar-refractivity contribution in [1.29, 1.82) is 0 Å². The minimum atomic E-state index is -3.93. The lowest BCUT2D eigenvalue weighted by Crippen LogP contribution is -2.56. The van der Waals surface area contributed by atoms with Crippen LogP contribution in [0.2, 0.25) is 0 Å². The smallest absolute Gasteiger partial charge is 0.347 e. The molecule has 0 spiro atoms. The molecule has 0 saturated heterocycles. The highest BCUT2D eigenvalue weighted by atomic mass is 32.1. The van der Waals surface area contributed by atoms with Gasteiger partial charge in [0.15, 0.2) is 10.5 Å². The fourth-order valence-corrected chi connectivity index (χ4v) is 13.5. The van der Waals surface area contributed by atoms with Crippen LogP contribution in [0.5, 0.6) is 0 Å². The summed E-state index contributed by atoms with van der Waals surface area (Å²) in [4.78, 5) is 14.2. The Labute approximate surface area is 311 Å². The van der Waals surface area contributed by atoms with Crippen LogP contribution in [0.1, 0.15) is 109 Å². The average molecular weight is 764 g/mol. The average Bonchev–Trinajstić information content (AvgIpc) is 3.06. The van der Waals surface area contributed by atoms with Gasteiger partial charge in [-0.15, -0.1) is 0 Å². The molecule has 2 aromatic rings. The molecule has 284 valence electrons. The van der Waals surface area contributed by atoms with Gasteiger partial charge in [-0.2, -0.15) is 0 Å². The van der Waals surface area contributed by atoms with E-state index in [0.29, 0.717) is 17.3 Å². The lowest BCUT2D eigenvalue weighted by Gasteiger charge is -2.54. The monoisotopic (exact) mass is 763 g/mol. The zero-order valence-corrected chi connectivity index (χ0v) is 34.5. The van der Waals surface area contributed by atoms with E-state index in [2.05, 4.69) is 61.8 Å². The number of anilines is 2. The molecule has 2 aliphatic carbocycles.